The lowest BCUT2D eigenvalue weighted by Gasteiger charge is -2.11. The van der Waals surface area contributed by atoms with Crippen LogP contribution in [0.2, 0.25) is 0 Å². The summed E-state index contributed by atoms with van der Waals surface area (Å²) in [6, 6.07) is 41.8. The highest BCUT2D eigenvalue weighted by atomic mass is 16.5. The number of furan rings is 1. The molecule has 0 aliphatic rings. The second-order valence-corrected chi connectivity index (χ2v) is 10.0. The van der Waals surface area contributed by atoms with E-state index < -0.39 is 0 Å². The van der Waals surface area contributed by atoms with E-state index in [2.05, 4.69) is 29.2 Å². The number of hydrogen-bond acceptors (Lipinski definition) is 5. The van der Waals surface area contributed by atoms with Crippen molar-refractivity contribution in [2.45, 2.75) is 0 Å². The summed E-state index contributed by atoms with van der Waals surface area (Å²) in [5, 5.41) is 12.8. The number of ether oxygens (including phenoxy) is 1. The Morgan fingerprint density at radius 1 is 0.690 bits per heavy atom. The van der Waals surface area contributed by atoms with Crippen LogP contribution in [-0.4, -0.2) is 19.6 Å². The summed E-state index contributed by atoms with van der Waals surface area (Å²) in [5.74, 6) is 0.186. The summed E-state index contributed by atoms with van der Waals surface area (Å²) in [5.41, 5.74) is 7.59. The fourth-order valence-corrected chi connectivity index (χ4v) is 5.53. The van der Waals surface area contributed by atoms with Crippen molar-refractivity contribution >= 4 is 33.0 Å². The Balaban J connectivity index is 1.34. The normalized spacial score (nSPS) is 11.4. The van der Waals surface area contributed by atoms with Gasteiger partial charge in [-0.3, -0.25) is 9.55 Å². The average molecular weight is 546 g/mol. The maximum Gasteiger partial charge on any atom is 0.307 e. The van der Waals surface area contributed by atoms with E-state index in [4.69, 9.17) is 14.1 Å². The fraction of sp³-hybridized carbons (Fsp3) is 0. The predicted octanol–water partition coefficient (Wildman–Crippen LogP) is 9.15. The lowest BCUT2D eigenvalue weighted by molar-refractivity contribution is 0.388. The van der Waals surface area contributed by atoms with Crippen molar-refractivity contribution in [2.24, 2.45) is 0 Å². The highest BCUT2D eigenvalue weighted by molar-refractivity contribution is 6.07. The van der Waals surface area contributed by atoms with E-state index in [0.717, 1.165) is 55.5 Å². The Labute approximate surface area is 240 Å². The molecule has 0 aliphatic heterocycles. The first kappa shape index (κ1) is 24.0. The van der Waals surface area contributed by atoms with E-state index in [-0.39, 0.29) is 11.5 Å². The van der Waals surface area contributed by atoms with Gasteiger partial charge >= 0.3 is 6.01 Å². The highest BCUT2D eigenvalue weighted by Gasteiger charge is 2.22. The average Bonchev–Trinajstić information content (AvgIpc) is 3.61. The summed E-state index contributed by atoms with van der Waals surface area (Å²) in [7, 11) is 0. The molecule has 0 saturated carbocycles. The van der Waals surface area contributed by atoms with Crippen molar-refractivity contribution in [3.05, 3.63) is 134 Å². The standard InChI is InChI=1S/C36H23N3O3/c40-31-20-19-28-27-14-4-5-18-32(27)41-34(28)35(31)42-36-38-33-26(15-9-17-30(33)39(36)25-12-2-1-3-13-25)23-10-8-11-24(22-23)29-16-6-7-21-37-29/h1-22,40H. The quantitative estimate of drug-likeness (QED) is 0.233. The molecule has 8 rings (SSSR count). The smallest absolute Gasteiger partial charge is 0.307 e. The van der Waals surface area contributed by atoms with Gasteiger partial charge in [0, 0.05) is 28.1 Å². The molecule has 0 bridgehead atoms. The van der Waals surface area contributed by atoms with Gasteiger partial charge < -0.3 is 14.3 Å². The van der Waals surface area contributed by atoms with Crippen molar-refractivity contribution in [3.63, 3.8) is 0 Å². The van der Waals surface area contributed by atoms with E-state index in [1.165, 1.54) is 0 Å². The van der Waals surface area contributed by atoms with Gasteiger partial charge in [0.2, 0.25) is 5.75 Å². The number of hydrogen-bond donors (Lipinski definition) is 1. The molecule has 6 heteroatoms. The second-order valence-electron chi connectivity index (χ2n) is 10.0. The van der Waals surface area contributed by atoms with Gasteiger partial charge in [-0.15, -0.1) is 0 Å². The molecule has 200 valence electrons. The molecular formula is C36H23N3O3. The van der Waals surface area contributed by atoms with Crippen molar-refractivity contribution in [3.8, 4) is 45.6 Å². The van der Waals surface area contributed by atoms with Gasteiger partial charge in [-0.25, -0.2) is 0 Å². The summed E-state index contributed by atoms with van der Waals surface area (Å²) < 4.78 is 14.6. The zero-order valence-corrected chi connectivity index (χ0v) is 22.3. The molecule has 3 heterocycles. The van der Waals surface area contributed by atoms with Crippen LogP contribution in [0, 0.1) is 0 Å². The number of phenols is 1. The van der Waals surface area contributed by atoms with Crippen LogP contribution in [0.1, 0.15) is 0 Å². The largest absolute Gasteiger partial charge is 0.504 e. The van der Waals surface area contributed by atoms with Crippen LogP contribution in [0.15, 0.2) is 138 Å². The van der Waals surface area contributed by atoms with E-state index >= 15 is 0 Å². The molecule has 42 heavy (non-hydrogen) atoms. The summed E-state index contributed by atoms with van der Waals surface area (Å²) >= 11 is 0. The molecule has 8 aromatic rings. The fourth-order valence-electron chi connectivity index (χ4n) is 5.53. The Hall–Kier alpha value is -5.88. The minimum Gasteiger partial charge on any atom is -0.504 e. The first-order valence-electron chi connectivity index (χ1n) is 13.6. The lowest BCUT2D eigenvalue weighted by Crippen LogP contribution is -1.98. The third-order valence-corrected chi connectivity index (χ3v) is 7.48. The summed E-state index contributed by atoms with van der Waals surface area (Å²) in [6.45, 7) is 0. The molecule has 5 aromatic carbocycles. The number of pyridine rings is 1. The Kier molecular flexibility index (Phi) is 5.50. The molecule has 0 unspecified atom stereocenters. The lowest BCUT2D eigenvalue weighted by atomic mass is 10.0. The molecular weight excluding hydrogens is 522 g/mol. The zero-order valence-electron chi connectivity index (χ0n) is 22.3. The monoisotopic (exact) mass is 545 g/mol. The van der Waals surface area contributed by atoms with Crippen LogP contribution in [0.25, 0.3) is 61.0 Å². The van der Waals surface area contributed by atoms with Crippen molar-refractivity contribution in [1.29, 1.82) is 0 Å². The SMILES string of the molecule is Oc1ccc2c(oc3ccccc32)c1Oc1nc2c(-c3cccc(-c4ccccn4)c3)cccc2n1-c1ccccc1. The number of para-hydroxylation sites is 3. The van der Waals surface area contributed by atoms with Gasteiger partial charge in [0.15, 0.2) is 11.3 Å². The molecule has 3 aromatic heterocycles. The highest BCUT2D eigenvalue weighted by Crippen LogP contribution is 2.43. The number of aromatic hydroxyl groups is 1. The first-order valence-corrected chi connectivity index (χ1v) is 13.6. The second kappa shape index (κ2) is 9.64. The number of aromatic nitrogens is 3. The van der Waals surface area contributed by atoms with Gasteiger partial charge in [0.25, 0.3) is 0 Å². The van der Waals surface area contributed by atoms with Gasteiger partial charge in [-0.05, 0) is 60.2 Å². The van der Waals surface area contributed by atoms with E-state index in [1.807, 2.05) is 102 Å². The Bertz CT molecular complexity index is 2240. The van der Waals surface area contributed by atoms with E-state index in [1.54, 1.807) is 12.3 Å². The van der Waals surface area contributed by atoms with Crippen molar-refractivity contribution in [2.75, 3.05) is 0 Å². The van der Waals surface area contributed by atoms with Crippen LogP contribution in [0.5, 0.6) is 17.5 Å². The first-order chi connectivity index (χ1) is 20.7. The Morgan fingerprint density at radius 3 is 2.38 bits per heavy atom. The third kappa shape index (κ3) is 3.89. The number of imidazole rings is 1. The van der Waals surface area contributed by atoms with Gasteiger partial charge in [-0.2, -0.15) is 4.98 Å². The minimum atomic E-state index is -0.0310. The number of fused-ring (bicyclic) bond motifs is 4. The molecule has 0 aliphatic carbocycles. The molecule has 0 amide bonds. The predicted molar refractivity (Wildman–Crippen MR) is 165 cm³/mol. The van der Waals surface area contributed by atoms with Crippen LogP contribution in [-0.2, 0) is 0 Å². The van der Waals surface area contributed by atoms with Crippen LogP contribution >= 0.6 is 0 Å². The number of nitrogens with zero attached hydrogens (tertiary/aromatic N) is 3. The number of benzene rings is 5. The zero-order chi connectivity index (χ0) is 28.0. The molecule has 6 nitrogen and oxygen atoms in total. The van der Waals surface area contributed by atoms with Crippen LogP contribution < -0.4 is 4.74 Å². The van der Waals surface area contributed by atoms with E-state index in [9.17, 15) is 5.11 Å². The maximum absolute atomic E-state index is 11.0. The van der Waals surface area contributed by atoms with E-state index in [0.29, 0.717) is 11.6 Å². The van der Waals surface area contributed by atoms with Crippen molar-refractivity contribution < 1.29 is 14.3 Å². The molecule has 0 atom stereocenters. The Morgan fingerprint density at radius 2 is 1.50 bits per heavy atom. The van der Waals surface area contributed by atoms with Gasteiger partial charge in [-0.1, -0.05) is 72.8 Å². The van der Waals surface area contributed by atoms with Crippen LogP contribution in [0.4, 0.5) is 0 Å². The summed E-state index contributed by atoms with van der Waals surface area (Å²) in [6.07, 6.45) is 1.80. The minimum absolute atomic E-state index is 0.0310. The molecule has 0 radical (unpaired) electrons. The molecule has 0 spiro atoms. The summed E-state index contributed by atoms with van der Waals surface area (Å²) in [4.78, 5) is 9.56. The van der Waals surface area contributed by atoms with Gasteiger partial charge in [0.05, 0.1) is 16.9 Å². The third-order valence-electron chi connectivity index (χ3n) is 7.48. The molecule has 0 saturated heterocycles. The number of rotatable bonds is 5. The molecule has 1 N–H and O–H groups in total. The molecule has 0 fully saturated rings. The van der Waals surface area contributed by atoms with Gasteiger partial charge in [0.1, 0.15) is 11.1 Å². The van der Waals surface area contributed by atoms with Crippen LogP contribution in [0.3, 0.4) is 0 Å². The maximum atomic E-state index is 11.0. The topological polar surface area (TPSA) is 73.3 Å². The van der Waals surface area contributed by atoms with Crippen molar-refractivity contribution in [1.82, 2.24) is 14.5 Å². The number of phenolic OH excluding ortho intramolecular Hbond substituents is 1.